The third-order valence-electron chi connectivity index (χ3n) is 3.10. The van der Waals surface area contributed by atoms with Gasteiger partial charge in [0.1, 0.15) is 0 Å². The Labute approximate surface area is 102 Å². The monoisotopic (exact) mass is 237 g/mol. The average Bonchev–Trinajstić information content (AvgIpc) is 2.78. The van der Waals surface area contributed by atoms with Gasteiger partial charge in [0.25, 0.3) is 0 Å². The molecular formula is C13H19NO3. The van der Waals surface area contributed by atoms with Crippen molar-refractivity contribution in [1.29, 1.82) is 0 Å². The summed E-state index contributed by atoms with van der Waals surface area (Å²) in [5, 5.41) is 0. The molecule has 1 aliphatic heterocycles. The smallest absolute Gasteiger partial charge is 0.231 e. The zero-order chi connectivity index (χ0) is 12.3. The molecule has 1 aromatic rings. The van der Waals surface area contributed by atoms with Gasteiger partial charge in [-0.15, -0.1) is 0 Å². The number of ether oxygens (including phenoxy) is 3. The molecule has 0 saturated heterocycles. The summed E-state index contributed by atoms with van der Waals surface area (Å²) >= 11 is 0. The van der Waals surface area contributed by atoms with E-state index < -0.39 is 0 Å². The summed E-state index contributed by atoms with van der Waals surface area (Å²) in [5.74, 6) is 2.04. The lowest BCUT2D eigenvalue weighted by Gasteiger charge is -2.17. The molecule has 1 atom stereocenters. The molecule has 1 heterocycles. The van der Waals surface area contributed by atoms with Gasteiger partial charge in [-0.3, -0.25) is 0 Å². The van der Waals surface area contributed by atoms with Crippen molar-refractivity contribution in [3.05, 3.63) is 23.3 Å². The summed E-state index contributed by atoms with van der Waals surface area (Å²) in [6.07, 6.45) is 0.955. The Hall–Kier alpha value is -1.26. The number of benzene rings is 1. The summed E-state index contributed by atoms with van der Waals surface area (Å²) in [7, 11) is 1.69. The second-order valence-electron chi connectivity index (χ2n) is 4.28. The Morgan fingerprint density at radius 2 is 2.24 bits per heavy atom. The molecule has 0 spiro atoms. The van der Waals surface area contributed by atoms with Crippen molar-refractivity contribution in [1.82, 2.24) is 0 Å². The van der Waals surface area contributed by atoms with Crippen LogP contribution >= 0.6 is 0 Å². The van der Waals surface area contributed by atoms with Crippen LogP contribution in [-0.4, -0.2) is 20.4 Å². The maximum Gasteiger partial charge on any atom is 0.231 e. The van der Waals surface area contributed by atoms with E-state index in [2.05, 4.69) is 13.0 Å². The maximum absolute atomic E-state index is 5.62. The van der Waals surface area contributed by atoms with Crippen LogP contribution in [-0.2, 0) is 11.3 Å². The molecule has 1 unspecified atom stereocenters. The zero-order valence-electron chi connectivity index (χ0n) is 10.4. The molecule has 1 aliphatic rings. The normalized spacial score (nSPS) is 15.0. The van der Waals surface area contributed by atoms with E-state index in [1.807, 2.05) is 6.07 Å². The van der Waals surface area contributed by atoms with E-state index in [9.17, 15) is 0 Å². The van der Waals surface area contributed by atoms with Gasteiger partial charge in [-0.05, 0) is 30.5 Å². The molecule has 1 aromatic carbocycles. The van der Waals surface area contributed by atoms with Crippen LogP contribution in [0.15, 0.2) is 12.1 Å². The van der Waals surface area contributed by atoms with Crippen LogP contribution in [0.3, 0.4) is 0 Å². The first-order chi connectivity index (χ1) is 8.27. The average molecular weight is 237 g/mol. The second kappa shape index (κ2) is 5.38. The summed E-state index contributed by atoms with van der Waals surface area (Å²) in [5.41, 5.74) is 7.94. The van der Waals surface area contributed by atoms with Gasteiger partial charge in [0.15, 0.2) is 11.5 Å². The van der Waals surface area contributed by atoms with E-state index in [4.69, 9.17) is 19.9 Å². The number of methoxy groups -OCH3 is 1. The third kappa shape index (κ3) is 2.37. The van der Waals surface area contributed by atoms with Crippen LogP contribution in [0.5, 0.6) is 11.5 Å². The number of fused-ring (bicyclic) bond motifs is 1. The first-order valence-corrected chi connectivity index (χ1v) is 5.88. The van der Waals surface area contributed by atoms with Crippen LogP contribution in [0.2, 0.25) is 0 Å². The molecule has 2 N–H and O–H groups in total. The number of hydrogen-bond donors (Lipinski definition) is 1. The van der Waals surface area contributed by atoms with Gasteiger partial charge in [0, 0.05) is 12.7 Å². The fourth-order valence-corrected chi connectivity index (χ4v) is 2.21. The van der Waals surface area contributed by atoms with E-state index in [1.165, 1.54) is 5.56 Å². The highest BCUT2D eigenvalue weighted by atomic mass is 16.7. The first-order valence-electron chi connectivity index (χ1n) is 5.88. The Morgan fingerprint density at radius 1 is 1.41 bits per heavy atom. The first kappa shape index (κ1) is 12.2. The lowest BCUT2D eigenvalue weighted by molar-refractivity contribution is 0.162. The predicted octanol–water partition coefficient (Wildman–Crippen LogP) is 2.01. The standard InChI is InChI=1S/C13H19NO3/c1-9(5-6-14)10-3-4-12-13(17-8-16-12)11(10)7-15-2/h3-4,9H,5-8,14H2,1-2H3. The van der Waals surface area contributed by atoms with Crippen molar-refractivity contribution in [2.45, 2.75) is 25.9 Å². The van der Waals surface area contributed by atoms with Gasteiger partial charge in [0.2, 0.25) is 6.79 Å². The highest BCUT2D eigenvalue weighted by Crippen LogP contribution is 2.40. The molecule has 4 nitrogen and oxygen atoms in total. The predicted molar refractivity (Wildman–Crippen MR) is 65.4 cm³/mol. The summed E-state index contributed by atoms with van der Waals surface area (Å²) in [6, 6.07) is 4.05. The van der Waals surface area contributed by atoms with Crippen LogP contribution in [0.4, 0.5) is 0 Å². The summed E-state index contributed by atoms with van der Waals surface area (Å²) in [6.45, 7) is 3.68. The van der Waals surface area contributed by atoms with Crippen LogP contribution in [0, 0.1) is 0 Å². The third-order valence-corrected chi connectivity index (χ3v) is 3.10. The second-order valence-corrected chi connectivity index (χ2v) is 4.28. The number of hydrogen-bond acceptors (Lipinski definition) is 4. The molecule has 2 rings (SSSR count). The molecule has 0 amide bonds. The highest BCUT2D eigenvalue weighted by Gasteiger charge is 2.22. The Morgan fingerprint density at radius 3 is 2.94 bits per heavy atom. The van der Waals surface area contributed by atoms with Crippen molar-refractivity contribution in [3.63, 3.8) is 0 Å². The highest BCUT2D eigenvalue weighted by molar-refractivity contribution is 5.52. The quantitative estimate of drug-likeness (QED) is 0.851. The van der Waals surface area contributed by atoms with E-state index in [0.29, 0.717) is 25.9 Å². The van der Waals surface area contributed by atoms with Crippen molar-refractivity contribution < 1.29 is 14.2 Å². The van der Waals surface area contributed by atoms with Gasteiger partial charge in [-0.2, -0.15) is 0 Å². The van der Waals surface area contributed by atoms with E-state index >= 15 is 0 Å². The van der Waals surface area contributed by atoms with Crippen LogP contribution < -0.4 is 15.2 Å². The Bertz CT molecular complexity index is 392. The Balaban J connectivity index is 2.37. The largest absolute Gasteiger partial charge is 0.454 e. The molecule has 94 valence electrons. The molecule has 4 heteroatoms. The minimum absolute atomic E-state index is 0.292. The molecule has 0 aromatic heterocycles. The summed E-state index contributed by atoms with van der Waals surface area (Å²) in [4.78, 5) is 0. The van der Waals surface area contributed by atoms with Crippen molar-refractivity contribution in [2.75, 3.05) is 20.4 Å². The van der Waals surface area contributed by atoms with Crippen molar-refractivity contribution >= 4 is 0 Å². The van der Waals surface area contributed by atoms with Crippen LogP contribution in [0.25, 0.3) is 0 Å². The topological polar surface area (TPSA) is 53.7 Å². The lowest BCUT2D eigenvalue weighted by Crippen LogP contribution is -2.07. The number of rotatable bonds is 5. The molecule has 17 heavy (non-hydrogen) atoms. The maximum atomic E-state index is 5.62. The molecular weight excluding hydrogens is 218 g/mol. The van der Waals surface area contributed by atoms with Gasteiger partial charge < -0.3 is 19.9 Å². The SMILES string of the molecule is COCc1c(C(C)CCN)ccc2c1OCO2. The molecule has 0 aliphatic carbocycles. The van der Waals surface area contributed by atoms with Gasteiger partial charge in [0.05, 0.1) is 6.61 Å². The van der Waals surface area contributed by atoms with Gasteiger partial charge >= 0.3 is 0 Å². The van der Waals surface area contributed by atoms with E-state index in [1.54, 1.807) is 7.11 Å². The number of nitrogens with two attached hydrogens (primary N) is 1. The van der Waals surface area contributed by atoms with Crippen LogP contribution in [0.1, 0.15) is 30.4 Å². The molecule has 0 fully saturated rings. The lowest BCUT2D eigenvalue weighted by atomic mass is 9.92. The fourth-order valence-electron chi connectivity index (χ4n) is 2.21. The van der Waals surface area contributed by atoms with E-state index in [0.717, 1.165) is 23.5 Å². The van der Waals surface area contributed by atoms with Crippen molar-refractivity contribution in [3.8, 4) is 11.5 Å². The van der Waals surface area contributed by atoms with Gasteiger partial charge in [-0.1, -0.05) is 13.0 Å². The summed E-state index contributed by atoms with van der Waals surface area (Å²) < 4.78 is 16.2. The van der Waals surface area contributed by atoms with Gasteiger partial charge in [-0.25, -0.2) is 0 Å². The fraction of sp³-hybridized carbons (Fsp3) is 0.538. The zero-order valence-corrected chi connectivity index (χ0v) is 10.4. The molecule has 0 radical (unpaired) electrons. The van der Waals surface area contributed by atoms with Crippen molar-refractivity contribution in [2.24, 2.45) is 5.73 Å². The minimum Gasteiger partial charge on any atom is -0.454 e. The molecule has 0 bridgehead atoms. The minimum atomic E-state index is 0.292. The molecule has 0 saturated carbocycles. The Kier molecular flexibility index (Phi) is 3.86. The van der Waals surface area contributed by atoms with E-state index in [-0.39, 0.29) is 0 Å².